The summed E-state index contributed by atoms with van der Waals surface area (Å²) in [6.07, 6.45) is 0. The molecule has 14 heavy (non-hydrogen) atoms. The van der Waals surface area contributed by atoms with E-state index in [1.165, 1.54) is 4.88 Å². The Labute approximate surface area is 89.9 Å². The summed E-state index contributed by atoms with van der Waals surface area (Å²) >= 11 is 1.72. The van der Waals surface area contributed by atoms with Crippen LogP contribution in [0.25, 0.3) is 0 Å². The van der Waals surface area contributed by atoms with Crippen molar-refractivity contribution in [2.45, 2.75) is 33.7 Å². The van der Waals surface area contributed by atoms with Crippen molar-refractivity contribution in [1.82, 2.24) is 10.3 Å². The van der Waals surface area contributed by atoms with E-state index in [1.54, 1.807) is 11.3 Å². The van der Waals surface area contributed by atoms with Crippen molar-refractivity contribution < 1.29 is 0 Å². The van der Waals surface area contributed by atoms with Gasteiger partial charge in [-0.25, -0.2) is 4.98 Å². The van der Waals surface area contributed by atoms with Crippen molar-refractivity contribution in [1.29, 1.82) is 0 Å². The minimum atomic E-state index is 0.552. The molecule has 1 heterocycles. The summed E-state index contributed by atoms with van der Waals surface area (Å²) in [5.74, 6) is 0. The van der Waals surface area contributed by atoms with Gasteiger partial charge >= 0.3 is 0 Å². The molecular weight excluding hydrogens is 194 g/mol. The Kier molecular flexibility index (Phi) is 4.35. The van der Waals surface area contributed by atoms with Crippen LogP contribution in [0, 0.1) is 13.8 Å². The first-order valence-electron chi connectivity index (χ1n) is 5.01. The average molecular weight is 213 g/mol. The fourth-order valence-electron chi connectivity index (χ4n) is 1.08. The van der Waals surface area contributed by atoms with Crippen LogP contribution in [0.4, 0.5) is 5.13 Å². The SMILES string of the molecule is Cc1nc(NCCNC(C)C)sc1C. The number of hydrogen-bond donors (Lipinski definition) is 2. The van der Waals surface area contributed by atoms with Crippen molar-refractivity contribution in [2.24, 2.45) is 0 Å². The quantitative estimate of drug-likeness (QED) is 0.736. The third kappa shape index (κ3) is 3.64. The number of nitrogens with zero attached hydrogens (tertiary/aromatic N) is 1. The minimum Gasteiger partial charge on any atom is -0.360 e. The lowest BCUT2D eigenvalue weighted by atomic mass is 10.4. The highest BCUT2D eigenvalue weighted by Gasteiger charge is 2.01. The second-order valence-corrected chi connectivity index (χ2v) is 4.90. The van der Waals surface area contributed by atoms with Gasteiger partial charge in [0.2, 0.25) is 0 Å². The summed E-state index contributed by atoms with van der Waals surface area (Å²) < 4.78 is 0. The molecule has 0 aliphatic carbocycles. The van der Waals surface area contributed by atoms with E-state index in [-0.39, 0.29) is 0 Å². The van der Waals surface area contributed by atoms with Crippen molar-refractivity contribution >= 4 is 16.5 Å². The molecule has 1 aromatic heterocycles. The summed E-state index contributed by atoms with van der Waals surface area (Å²) in [6, 6.07) is 0.552. The van der Waals surface area contributed by atoms with Gasteiger partial charge in [-0.2, -0.15) is 0 Å². The number of aromatic nitrogens is 1. The van der Waals surface area contributed by atoms with Crippen LogP contribution in [-0.2, 0) is 0 Å². The Hall–Kier alpha value is -0.610. The van der Waals surface area contributed by atoms with Gasteiger partial charge in [-0.05, 0) is 13.8 Å². The highest BCUT2D eigenvalue weighted by atomic mass is 32.1. The number of hydrogen-bond acceptors (Lipinski definition) is 4. The van der Waals surface area contributed by atoms with Crippen molar-refractivity contribution in [2.75, 3.05) is 18.4 Å². The number of nitrogens with one attached hydrogen (secondary N) is 2. The molecule has 0 saturated carbocycles. The van der Waals surface area contributed by atoms with E-state index >= 15 is 0 Å². The van der Waals surface area contributed by atoms with Crippen LogP contribution in [0.5, 0.6) is 0 Å². The molecule has 0 atom stereocenters. The molecule has 1 rings (SSSR count). The number of rotatable bonds is 5. The smallest absolute Gasteiger partial charge is 0.183 e. The summed E-state index contributed by atoms with van der Waals surface area (Å²) in [5.41, 5.74) is 1.13. The van der Waals surface area contributed by atoms with Crippen LogP contribution in [0.2, 0.25) is 0 Å². The van der Waals surface area contributed by atoms with Crippen LogP contribution in [0.15, 0.2) is 0 Å². The molecule has 80 valence electrons. The molecule has 0 saturated heterocycles. The van der Waals surface area contributed by atoms with Crippen molar-refractivity contribution in [3.8, 4) is 0 Å². The predicted molar refractivity (Wildman–Crippen MR) is 63.2 cm³/mol. The van der Waals surface area contributed by atoms with E-state index in [9.17, 15) is 0 Å². The molecule has 0 amide bonds. The molecule has 0 unspecified atom stereocenters. The maximum atomic E-state index is 4.41. The molecule has 4 heteroatoms. The van der Waals surface area contributed by atoms with Crippen LogP contribution < -0.4 is 10.6 Å². The van der Waals surface area contributed by atoms with Crippen LogP contribution in [0.3, 0.4) is 0 Å². The molecular formula is C10H19N3S. The van der Waals surface area contributed by atoms with E-state index in [2.05, 4.69) is 36.4 Å². The Morgan fingerprint density at radius 1 is 1.29 bits per heavy atom. The fraction of sp³-hybridized carbons (Fsp3) is 0.700. The van der Waals surface area contributed by atoms with Gasteiger partial charge in [0.05, 0.1) is 5.69 Å². The largest absolute Gasteiger partial charge is 0.360 e. The molecule has 0 aliphatic rings. The second-order valence-electron chi connectivity index (χ2n) is 3.70. The van der Waals surface area contributed by atoms with E-state index in [1.807, 2.05) is 6.92 Å². The third-order valence-electron chi connectivity index (χ3n) is 1.98. The maximum Gasteiger partial charge on any atom is 0.183 e. The van der Waals surface area contributed by atoms with Crippen LogP contribution in [-0.4, -0.2) is 24.1 Å². The molecule has 1 aromatic rings. The van der Waals surface area contributed by atoms with Gasteiger partial charge in [0.1, 0.15) is 0 Å². The van der Waals surface area contributed by atoms with Crippen molar-refractivity contribution in [3.63, 3.8) is 0 Å². The van der Waals surface area contributed by atoms with Crippen LogP contribution >= 0.6 is 11.3 Å². The van der Waals surface area contributed by atoms with Gasteiger partial charge in [-0.3, -0.25) is 0 Å². The zero-order valence-corrected chi connectivity index (χ0v) is 10.2. The molecule has 0 bridgehead atoms. The monoisotopic (exact) mass is 213 g/mol. The number of thiazole rings is 1. The van der Waals surface area contributed by atoms with Gasteiger partial charge in [0.25, 0.3) is 0 Å². The zero-order chi connectivity index (χ0) is 10.6. The molecule has 2 N–H and O–H groups in total. The highest BCUT2D eigenvalue weighted by molar-refractivity contribution is 7.15. The predicted octanol–water partition coefficient (Wildman–Crippen LogP) is 2.17. The first-order chi connectivity index (χ1) is 6.59. The second kappa shape index (κ2) is 5.32. The summed E-state index contributed by atoms with van der Waals surface area (Å²) in [7, 11) is 0. The first-order valence-corrected chi connectivity index (χ1v) is 5.82. The highest BCUT2D eigenvalue weighted by Crippen LogP contribution is 2.20. The Morgan fingerprint density at radius 2 is 2.00 bits per heavy atom. The maximum absolute atomic E-state index is 4.41. The molecule has 0 fully saturated rings. The standard InChI is InChI=1S/C10H19N3S/c1-7(2)11-5-6-12-10-13-8(3)9(4)14-10/h7,11H,5-6H2,1-4H3,(H,12,13). The number of anilines is 1. The van der Waals surface area contributed by atoms with E-state index in [4.69, 9.17) is 0 Å². The summed E-state index contributed by atoms with van der Waals surface area (Å²) in [4.78, 5) is 5.70. The van der Waals surface area contributed by atoms with Crippen molar-refractivity contribution in [3.05, 3.63) is 10.6 Å². The van der Waals surface area contributed by atoms with Gasteiger partial charge in [0.15, 0.2) is 5.13 Å². The van der Waals surface area contributed by atoms with Crippen LogP contribution in [0.1, 0.15) is 24.4 Å². The number of aryl methyl sites for hydroxylation is 2. The van der Waals surface area contributed by atoms with Gasteiger partial charge < -0.3 is 10.6 Å². The molecule has 0 spiro atoms. The zero-order valence-electron chi connectivity index (χ0n) is 9.35. The van der Waals surface area contributed by atoms with E-state index in [0.29, 0.717) is 6.04 Å². The van der Waals surface area contributed by atoms with Gasteiger partial charge in [-0.1, -0.05) is 13.8 Å². The van der Waals surface area contributed by atoms with E-state index < -0.39 is 0 Å². The molecule has 3 nitrogen and oxygen atoms in total. The minimum absolute atomic E-state index is 0.552. The van der Waals surface area contributed by atoms with Gasteiger partial charge in [-0.15, -0.1) is 11.3 Å². The molecule has 0 radical (unpaired) electrons. The third-order valence-corrected chi connectivity index (χ3v) is 3.01. The lowest BCUT2D eigenvalue weighted by Crippen LogP contribution is -2.28. The molecule has 0 aromatic carbocycles. The fourth-order valence-corrected chi connectivity index (χ4v) is 1.92. The molecule has 0 aliphatic heterocycles. The van der Waals surface area contributed by atoms with Gasteiger partial charge in [0, 0.05) is 24.0 Å². The Bertz CT molecular complexity index is 261. The average Bonchev–Trinajstić information content (AvgIpc) is 2.40. The first kappa shape index (κ1) is 11.5. The van der Waals surface area contributed by atoms with E-state index in [0.717, 1.165) is 23.9 Å². The summed E-state index contributed by atoms with van der Waals surface area (Å²) in [6.45, 7) is 10.4. The lowest BCUT2D eigenvalue weighted by molar-refractivity contribution is 0.602. The Morgan fingerprint density at radius 3 is 2.50 bits per heavy atom. The topological polar surface area (TPSA) is 37.0 Å². The lowest BCUT2D eigenvalue weighted by Gasteiger charge is -2.07. The Balaban J connectivity index is 2.25. The summed E-state index contributed by atoms with van der Waals surface area (Å²) in [5, 5.41) is 7.69. The normalized spacial score (nSPS) is 10.9.